The van der Waals surface area contributed by atoms with Crippen LogP contribution in [-0.2, 0) is 28.2 Å². The lowest BCUT2D eigenvalue weighted by Crippen LogP contribution is -2.32. The van der Waals surface area contributed by atoms with E-state index in [1.807, 2.05) is 0 Å². The first-order valence-corrected chi connectivity index (χ1v) is 25.4. The van der Waals surface area contributed by atoms with Gasteiger partial charge in [-0.2, -0.15) is 0 Å². The van der Waals surface area contributed by atoms with Crippen LogP contribution in [0.3, 0.4) is 0 Å². The molecule has 0 amide bonds. The van der Waals surface area contributed by atoms with Crippen LogP contribution in [0.4, 0.5) is 0 Å². The Kier molecular flexibility index (Phi) is 19.3. The molecule has 0 N–H and O–H groups in total. The summed E-state index contributed by atoms with van der Waals surface area (Å²) < 4.78 is 8.88. The summed E-state index contributed by atoms with van der Waals surface area (Å²) in [5.74, 6) is 2.28. The molecule has 4 heterocycles. The Morgan fingerprint density at radius 1 is 0.286 bits per heavy atom. The Bertz CT molecular complexity index is 3000. The minimum atomic E-state index is 0.564. The molecule has 8 rings (SSSR count). The highest BCUT2D eigenvalue weighted by molar-refractivity contribution is 5.64. The summed E-state index contributed by atoms with van der Waals surface area (Å²) in [6.45, 7) is 31.0. The second kappa shape index (κ2) is 24.9. The average molecular weight is 933 g/mol. The lowest BCUT2D eigenvalue weighted by Gasteiger charge is -2.11. The molecular formula is C66H84N4+4. The van der Waals surface area contributed by atoms with E-state index in [9.17, 15) is 0 Å². The largest absolute Gasteiger partial charge is 0.212 e. The third-order valence-corrected chi connectivity index (χ3v) is 13.6. The van der Waals surface area contributed by atoms with E-state index in [4.69, 9.17) is 0 Å². The molecule has 70 heavy (non-hydrogen) atoms. The fourth-order valence-corrected chi connectivity index (χ4v) is 9.23. The first kappa shape index (κ1) is 54.4. The van der Waals surface area contributed by atoms with Crippen LogP contribution in [0.2, 0.25) is 0 Å². The SMILES string of the molecule is Cc1ccccc1-c1cc(C(C)C)c(C)c[n+]1C.Cc1ccccc1-c1cc(C(C)C)cc[n+]1C.Cc1ccccc1-c1cc(C)c(C(C)C)c[n+]1C.Cc1ccccc1-c1ccc(C(C)C)c[n+]1C. The average Bonchev–Trinajstić information content (AvgIpc) is 3.31. The van der Waals surface area contributed by atoms with E-state index in [1.54, 1.807) is 0 Å². The Morgan fingerprint density at radius 3 is 1.09 bits per heavy atom. The van der Waals surface area contributed by atoms with Crippen LogP contribution < -0.4 is 18.3 Å². The zero-order chi connectivity index (χ0) is 51.4. The molecule has 0 saturated heterocycles. The molecule has 0 aliphatic carbocycles. The molecule has 364 valence electrons. The minimum Gasteiger partial charge on any atom is -0.201 e. The molecule has 0 spiro atoms. The van der Waals surface area contributed by atoms with Crippen LogP contribution in [0.1, 0.15) is 135 Å². The van der Waals surface area contributed by atoms with Gasteiger partial charge < -0.3 is 0 Å². The van der Waals surface area contributed by atoms with Gasteiger partial charge in [0.2, 0.25) is 22.8 Å². The van der Waals surface area contributed by atoms with Crippen molar-refractivity contribution in [3.63, 3.8) is 0 Å². The van der Waals surface area contributed by atoms with Crippen LogP contribution >= 0.6 is 0 Å². The molecule has 4 heteroatoms. The number of benzene rings is 4. The van der Waals surface area contributed by atoms with Crippen molar-refractivity contribution < 1.29 is 18.3 Å². The molecule has 0 atom stereocenters. The Balaban J connectivity index is 0.000000174. The second-order valence-corrected chi connectivity index (χ2v) is 20.6. The van der Waals surface area contributed by atoms with E-state index in [-0.39, 0.29) is 0 Å². The minimum absolute atomic E-state index is 0.564. The molecule has 0 radical (unpaired) electrons. The molecular weight excluding hydrogens is 849 g/mol. The predicted octanol–water partition coefficient (Wildman–Crippen LogP) is 15.1. The van der Waals surface area contributed by atoms with E-state index in [1.165, 1.54) is 101 Å². The number of aromatic nitrogens is 4. The van der Waals surface area contributed by atoms with Gasteiger partial charge in [0.25, 0.3) is 0 Å². The predicted molar refractivity (Wildman–Crippen MR) is 297 cm³/mol. The van der Waals surface area contributed by atoms with Gasteiger partial charge >= 0.3 is 0 Å². The van der Waals surface area contributed by atoms with Crippen molar-refractivity contribution >= 4 is 0 Å². The number of pyridine rings is 4. The van der Waals surface area contributed by atoms with Gasteiger partial charge in [-0.25, -0.2) is 18.3 Å². The normalized spacial score (nSPS) is 10.9. The van der Waals surface area contributed by atoms with Crippen molar-refractivity contribution in [1.29, 1.82) is 0 Å². The summed E-state index contributed by atoms with van der Waals surface area (Å²) in [7, 11) is 8.48. The quantitative estimate of drug-likeness (QED) is 0.135. The first-order chi connectivity index (χ1) is 33.2. The smallest absolute Gasteiger partial charge is 0.201 e. The van der Waals surface area contributed by atoms with Crippen molar-refractivity contribution in [3.8, 4) is 45.0 Å². The zero-order valence-corrected chi connectivity index (χ0v) is 46.1. The number of rotatable bonds is 8. The highest BCUT2D eigenvalue weighted by Crippen LogP contribution is 2.28. The maximum atomic E-state index is 2.34. The number of aryl methyl sites for hydroxylation is 10. The molecule has 0 bridgehead atoms. The van der Waals surface area contributed by atoms with E-state index < -0.39 is 0 Å². The van der Waals surface area contributed by atoms with Gasteiger partial charge in [-0.05, 0) is 134 Å². The molecule has 8 aromatic rings. The Labute approximate surface area is 424 Å². The van der Waals surface area contributed by atoms with Gasteiger partial charge in [0, 0.05) is 69.3 Å². The number of hydrogen-bond acceptors (Lipinski definition) is 0. The molecule has 4 nitrogen and oxygen atoms in total. The Hall–Kier alpha value is -6.52. The first-order valence-electron chi connectivity index (χ1n) is 25.4. The lowest BCUT2D eigenvalue weighted by molar-refractivity contribution is -0.661. The number of hydrogen-bond donors (Lipinski definition) is 0. The summed E-state index contributed by atoms with van der Waals surface area (Å²) in [6, 6.07) is 47.8. The molecule has 0 aliphatic heterocycles. The summed E-state index contributed by atoms with van der Waals surface area (Å²) in [6.07, 6.45) is 8.88. The molecule has 0 unspecified atom stereocenters. The third-order valence-electron chi connectivity index (χ3n) is 13.6. The maximum Gasteiger partial charge on any atom is 0.212 e. The topological polar surface area (TPSA) is 15.5 Å². The molecule has 0 aliphatic rings. The Morgan fingerprint density at radius 2 is 0.671 bits per heavy atom. The van der Waals surface area contributed by atoms with Crippen LogP contribution in [0.15, 0.2) is 158 Å². The van der Waals surface area contributed by atoms with Crippen LogP contribution in [0.5, 0.6) is 0 Å². The summed E-state index contributed by atoms with van der Waals surface area (Å²) in [5, 5.41) is 0. The highest BCUT2D eigenvalue weighted by Gasteiger charge is 2.19. The molecule has 4 aromatic carbocycles. The van der Waals surface area contributed by atoms with Gasteiger partial charge in [-0.3, -0.25) is 0 Å². The molecule has 0 saturated carbocycles. The maximum absolute atomic E-state index is 2.34. The fourth-order valence-electron chi connectivity index (χ4n) is 9.23. The van der Waals surface area contributed by atoms with Gasteiger partial charge in [0.15, 0.2) is 24.8 Å². The zero-order valence-electron chi connectivity index (χ0n) is 46.1. The van der Waals surface area contributed by atoms with Gasteiger partial charge in [-0.15, -0.1) is 0 Å². The van der Waals surface area contributed by atoms with Crippen molar-refractivity contribution in [3.05, 3.63) is 214 Å². The highest BCUT2D eigenvalue weighted by atomic mass is 14.9. The monoisotopic (exact) mass is 933 g/mol. The number of nitrogens with zero attached hydrogens (tertiary/aromatic N) is 4. The van der Waals surface area contributed by atoms with Crippen LogP contribution in [0, 0.1) is 41.5 Å². The van der Waals surface area contributed by atoms with Crippen LogP contribution in [-0.4, -0.2) is 0 Å². The van der Waals surface area contributed by atoms with E-state index in [0.717, 1.165) is 0 Å². The van der Waals surface area contributed by atoms with Gasteiger partial charge in [-0.1, -0.05) is 128 Å². The summed E-state index contributed by atoms with van der Waals surface area (Å²) in [5.41, 5.74) is 24.1. The summed E-state index contributed by atoms with van der Waals surface area (Å²) >= 11 is 0. The van der Waals surface area contributed by atoms with Crippen molar-refractivity contribution in [2.45, 2.75) is 121 Å². The summed E-state index contributed by atoms with van der Waals surface area (Å²) in [4.78, 5) is 0. The van der Waals surface area contributed by atoms with Crippen LogP contribution in [0.25, 0.3) is 45.0 Å². The van der Waals surface area contributed by atoms with E-state index in [0.29, 0.717) is 23.7 Å². The van der Waals surface area contributed by atoms with Crippen molar-refractivity contribution in [2.24, 2.45) is 28.2 Å². The van der Waals surface area contributed by atoms with Gasteiger partial charge in [0.1, 0.15) is 28.2 Å². The molecule has 0 fully saturated rings. The lowest BCUT2D eigenvalue weighted by atomic mass is 9.96. The van der Waals surface area contributed by atoms with Gasteiger partial charge in [0.05, 0.1) is 0 Å². The van der Waals surface area contributed by atoms with E-state index >= 15 is 0 Å². The van der Waals surface area contributed by atoms with Crippen molar-refractivity contribution in [2.75, 3.05) is 0 Å². The second-order valence-electron chi connectivity index (χ2n) is 20.6. The van der Waals surface area contributed by atoms with Crippen molar-refractivity contribution in [1.82, 2.24) is 0 Å². The standard InChI is InChI=1S/2C17H22N.2C16H20N/c1-12(2)16-10-17(18(5)11-14(16)4)15-9-7-6-8-13(15)3;1-12(2)16-11-18(5)17(10-14(16)4)15-9-7-6-8-13(15)3;1-12(2)14-9-10-17(4)16(11-14)15-8-6-5-7-13(15)3;1-12(2)14-9-10-16(17(4)11-14)15-8-6-5-7-13(15)3/h2*6-12H,1-5H3;2*5-12H,1-4H3/q4*+1. The van der Waals surface area contributed by atoms with E-state index in [2.05, 4.69) is 302 Å². The fraction of sp³-hybridized carbons (Fsp3) is 0.333. The third kappa shape index (κ3) is 13.8. The molecule has 4 aromatic heterocycles.